The molecule has 0 atom stereocenters. The second kappa shape index (κ2) is 6.67. The first-order chi connectivity index (χ1) is 7.77. The van der Waals surface area contributed by atoms with E-state index in [4.69, 9.17) is 5.26 Å². The van der Waals surface area contributed by atoms with E-state index in [1.54, 1.807) is 6.08 Å². The lowest BCUT2D eigenvalue weighted by molar-refractivity contribution is -0.135. The number of hydrogen-bond acceptors (Lipinski definition) is 4. The van der Waals surface area contributed by atoms with Gasteiger partial charge in [-0.3, -0.25) is 0 Å². The standard InChI is InChI=1S/C12H16N2O2/c1-16-12(15)11(10-13)6-5-9-14-7-3-2-4-8-14/h5-6,9H,2-4,7-8H2,1H3/b9-5+,11-6-. The number of allylic oxidation sites excluding steroid dienone is 2. The smallest absolute Gasteiger partial charge is 0.348 e. The first kappa shape index (κ1) is 12.3. The average Bonchev–Trinajstić information content (AvgIpc) is 2.35. The zero-order valence-corrected chi connectivity index (χ0v) is 9.48. The number of rotatable bonds is 3. The molecular formula is C12H16N2O2. The Bertz CT molecular complexity index is 333. The molecule has 1 saturated heterocycles. The molecule has 1 heterocycles. The van der Waals surface area contributed by atoms with Crippen LogP contribution in [0.1, 0.15) is 19.3 Å². The minimum absolute atomic E-state index is 0.0239. The largest absolute Gasteiger partial charge is 0.465 e. The van der Waals surface area contributed by atoms with Crippen molar-refractivity contribution in [3.8, 4) is 6.07 Å². The van der Waals surface area contributed by atoms with Gasteiger partial charge in [0.1, 0.15) is 11.6 Å². The molecule has 1 rings (SSSR count). The monoisotopic (exact) mass is 220 g/mol. The molecule has 0 aromatic rings. The molecule has 1 fully saturated rings. The normalized spacial score (nSPS) is 17.2. The van der Waals surface area contributed by atoms with Gasteiger partial charge in [0.2, 0.25) is 0 Å². The third-order valence-electron chi connectivity index (χ3n) is 2.48. The molecule has 1 aliphatic heterocycles. The van der Waals surface area contributed by atoms with Crippen molar-refractivity contribution in [1.82, 2.24) is 4.90 Å². The third-order valence-corrected chi connectivity index (χ3v) is 2.48. The summed E-state index contributed by atoms with van der Waals surface area (Å²) in [7, 11) is 1.27. The summed E-state index contributed by atoms with van der Waals surface area (Å²) in [6.07, 6.45) is 8.82. The van der Waals surface area contributed by atoms with Crippen LogP contribution in [-0.2, 0) is 9.53 Å². The third kappa shape index (κ3) is 3.77. The number of likely N-dealkylation sites (tertiary alicyclic amines) is 1. The molecular weight excluding hydrogens is 204 g/mol. The highest BCUT2D eigenvalue weighted by Crippen LogP contribution is 2.08. The summed E-state index contributed by atoms with van der Waals surface area (Å²) in [5.41, 5.74) is 0.0239. The number of nitriles is 1. The average molecular weight is 220 g/mol. The summed E-state index contributed by atoms with van der Waals surface area (Å²) in [5, 5.41) is 8.70. The van der Waals surface area contributed by atoms with E-state index < -0.39 is 5.97 Å². The van der Waals surface area contributed by atoms with Gasteiger partial charge in [0.15, 0.2) is 0 Å². The van der Waals surface area contributed by atoms with Gasteiger partial charge in [-0.1, -0.05) is 0 Å². The highest BCUT2D eigenvalue weighted by molar-refractivity contribution is 5.92. The quantitative estimate of drug-likeness (QED) is 0.314. The highest BCUT2D eigenvalue weighted by Gasteiger charge is 2.07. The van der Waals surface area contributed by atoms with E-state index in [1.165, 1.54) is 32.4 Å². The van der Waals surface area contributed by atoms with Gasteiger partial charge in [-0.15, -0.1) is 0 Å². The number of nitrogens with zero attached hydrogens (tertiary/aromatic N) is 2. The van der Waals surface area contributed by atoms with Crippen LogP contribution in [0, 0.1) is 11.3 Å². The van der Waals surface area contributed by atoms with E-state index >= 15 is 0 Å². The molecule has 16 heavy (non-hydrogen) atoms. The summed E-state index contributed by atoms with van der Waals surface area (Å²) in [4.78, 5) is 13.3. The van der Waals surface area contributed by atoms with E-state index in [0.717, 1.165) is 13.1 Å². The Morgan fingerprint density at radius 2 is 2.06 bits per heavy atom. The van der Waals surface area contributed by atoms with Crippen LogP contribution in [0.2, 0.25) is 0 Å². The molecule has 4 nitrogen and oxygen atoms in total. The number of methoxy groups -OCH3 is 1. The fraction of sp³-hybridized carbons (Fsp3) is 0.500. The summed E-state index contributed by atoms with van der Waals surface area (Å²) in [6.45, 7) is 2.09. The molecule has 4 heteroatoms. The Kier molecular flexibility index (Phi) is 5.13. The molecule has 0 radical (unpaired) electrons. The van der Waals surface area contributed by atoms with E-state index in [1.807, 2.05) is 12.3 Å². The fourth-order valence-corrected chi connectivity index (χ4v) is 1.59. The van der Waals surface area contributed by atoms with E-state index in [9.17, 15) is 4.79 Å². The molecule has 0 saturated carbocycles. The van der Waals surface area contributed by atoms with Gasteiger partial charge >= 0.3 is 5.97 Å². The van der Waals surface area contributed by atoms with Crippen molar-refractivity contribution < 1.29 is 9.53 Å². The first-order valence-corrected chi connectivity index (χ1v) is 5.39. The van der Waals surface area contributed by atoms with Gasteiger partial charge in [-0.05, 0) is 37.6 Å². The molecule has 0 bridgehead atoms. The van der Waals surface area contributed by atoms with Gasteiger partial charge in [-0.2, -0.15) is 5.26 Å². The lowest BCUT2D eigenvalue weighted by atomic mass is 10.1. The maximum absolute atomic E-state index is 11.1. The molecule has 0 amide bonds. The van der Waals surface area contributed by atoms with Crippen molar-refractivity contribution in [2.24, 2.45) is 0 Å². The van der Waals surface area contributed by atoms with Crippen molar-refractivity contribution >= 4 is 5.97 Å². The second-order valence-electron chi connectivity index (χ2n) is 3.62. The Balaban J connectivity index is 2.52. The van der Waals surface area contributed by atoms with Crippen LogP contribution in [0.3, 0.4) is 0 Å². The molecule has 0 aromatic carbocycles. The Morgan fingerprint density at radius 3 is 2.62 bits per heavy atom. The number of carbonyl (C=O) groups excluding carboxylic acids is 1. The molecule has 86 valence electrons. The number of ether oxygens (including phenoxy) is 1. The van der Waals surface area contributed by atoms with Crippen LogP contribution in [0.5, 0.6) is 0 Å². The van der Waals surface area contributed by atoms with Crippen molar-refractivity contribution in [2.45, 2.75) is 19.3 Å². The minimum atomic E-state index is -0.592. The van der Waals surface area contributed by atoms with Gasteiger partial charge < -0.3 is 9.64 Å². The second-order valence-corrected chi connectivity index (χ2v) is 3.62. The van der Waals surface area contributed by atoms with E-state index in [-0.39, 0.29) is 5.57 Å². The molecule has 0 aromatic heterocycles. The molecule has 1 aliphatic rings. The Hall–Kier alpha value is -1.76. The molecule has 0 aliphatic carbocycles. The number of esters is 1. The van der Waals surface area contributed by atoms with Gasteiger partial charge in [0.05, 0.1) is 7.11 Å². The summed E-state index contributed by atoms with van der Waals surface area (Å²) in [6, 6.07) is 1.81. The van der Waals surface area contributed by atoms with Gasteiger partial charge in [0, 0.05) is 13.1 Å². The van der Waals surface area contributed by atoms with Crippen molar-refractivity contribution in [2.75, 3.05) is 20.2 Å². The predicted octanol–water partition coefficient (Wildman–Crippen LogP) is 1.61. The van der Waals surface area contributed by atoms with Crippen molar-refractivity contribution in [3.63, 3.8) is 0 Å². The van der Waals surface area contributed by atoms with Crippen LogP contribution in [0.25, 0.3) is 0 Å². The van der Waals surface area contributed by atoms with Crippen LogP contribution >= 0.6 is 0 Å². The molecule has 0 unspecified atom stereocenters. The Labute approximate surface area is 95.8 Å². The van der Waals surface area contributed by atoms with Crippen LogP contribution in [0.15, 0.2) is 23.9 Å². The lowest BCUT2D eigenvalue weighted by Crippen LogP contribution is -2.23. The number of hydrogen-bond donors (Lipinski definition) is 0. The van der Waals surface area contributed by atoms with Crippen molar-refractivity contribution in [3.05, 3.63) is 23.9 Å². The molecule has 0 spiro atoms. The summed E-state index contributed by atoms with van der Waals surface area (Å²) >= 11 is 0. The zero-order valence-electron chi connectivity index (χ0n) is 9.48. The lowest BCUT2D eigenvalue weighted by Gasteiger charge is -2.24. The SMILES string of the molecule is COC(=O)/C(C#N)=C\C=C\N1CCCCC1. The highest BCUT2D eigenvalue weighted by atomic mass is 16.5. The minimum Gasteiger partial charge on any atom is -0.465 e. The topological polar surface area (TPSA) is 53.3 Å². The maximum atomic E-state index is 11.1. The zero-order chi connectivity index (χ0) is 11.8. The Morgan fingerprint density at radius 1 is 1.38 bits per heavy atom. The summed E-state index contributed by atoms with van der Waals surface area (Å²) in [5.74, 6) is -0.592. The van der Waals surface area contributed by atoms with Crippen LogP contribution < -0.4 is 0 Å². The van der Waals surface area contributed by atoms with E-state index in [0.29, 0.717) is 0 Å². The summed E-state index contributed by atoms with van der Waals surface area (Å²) < 4.78 is 4.47. The number of carbonyl (C=O) groups is 1. The van der Waals surface area contributed by atoms with Crippen LogP contribution in [0.4, 0.5) is 0 Å². The fourth-order valence-electron chi connectivity index (χ4n) is 1.59. The van der Waals surface area contributed by atoms with E-state index in [2.05, 4.69) is 9.64 Å². The number of piperidine rings is 1. The van der Waals surface area contributed by atoms with Gasteiger partial charge in [-0.25, -0.2) is 4.79 Å². The maximum Gasteiger partial charge on any atom is 0.348 e. The van der Waals surface area contributed by atoms with Gasteiger partial charge in [0.25, 0.3) is 0 Å². The van der Waals surface area contributed by atoms with Crippen molar-refractivity contribution in [1.29, 1.82) is 5.26 Å². The predicted molar refractivity (Wildman–Crippen MR) is 60.3 cm³/mol. The first-order valence-electron chi connectivity index (χ1n) is 5.39. The van der Waals surface area contributed by atoms with Crippen LogP contribution in [-0.4, -0.2) is 31.1 Å². The molecule has 0 N–H and O–H groups in total.